The molecule has 36 heavy (non-hydrogen) atoms. The highest BCUT2D eigenvalue weighted by Gasteiger charge is 2.37. The Labute approximate surface area is 212 Å². The zero-order valence-electron chi connectivity index (χ0n) is 21.4. The molecule has 8 heteroatoms. The smallest absolute Gasteiger partial charge is 0.411 e. The van der Waals surface area contributed by atoms with Gasteiger partial charge >= 0.3 is 6.09 Å². The molecule has 0 bridgehead atoms. The van der Waals surface area contributed by atoms with E-state index in [0.29, 0.717) is 32.0 Å². The summed E-state index contributed by atoms with van der Waals surface area (Å²) >= 11 is 0. The van der Waals surface area contributed by atoms with E-state index < -0.39 is 17.7 Å². The lowest BCUT2D eigenvalue weighted by Gasteiger charge is -2.37. The van der Waals surface area contributed by atoms with Crippen molar-refractivity contribution in [1.29, 1.82) is 0 Å². The van der Waals surface area contributed by atoms with Gasteiger partial charge in [0.25, 0.3) is 0 Å². The van der Waals surface area contributed by atoms with Crippen molar-refractivity contribution in [3.05, 3.63) is 59.5 Å². The van der Waals surface area contributed by atoms with Crippen LogP contribution in [0, 0.1) is 11.8 Å². The molecule has 8 nitrogen and oxygen atoms in total. The fraction of sp³-hybridized carbons (Fsp3) is 0.536. The van der Waals surface area contributed by atoms with E-state index >= 15 is 0 Å². The van der Waals surface area contributed by atoms with Gasteiger partial charge < -0.3 is 19.8 Å². The molecule has 1 aliphatic carbocycles. The summed E-state index contributed by atoms with van der Waals surface area (Å²) in [6, 6.07) is 10.9. The predicted octanol–water partition coefficient (Wildman–Crippen LogP) is 4.18. The van der Waals surface area contributed by atoms with Crippen LogP contribution in [0.15, 0.2) is 47.1 Å². The molecule has 194 valence electrons. The number of hydrogen-bond acceptors (Lipinski definition) is 5. The third kappa shape index (κ3) is 6.68. The highest BCUT2D eigenvalue weighted by atomic mass is 16.6. The average molecular weight is 496 g/mol. The molecule has 2 heterocycles. The van der Waals surface area contributed by atoms with Crippen LogP contribution in [0.4, 0.5) is 4.79 Å². The summed E-state index contributed by atoms with van der Waals surface area (Å²) in [5.74, 6) is 0.945. The molecule has 1 atom stereocenters. The van der Waals surface area contributed by atoms with Gasteiger partial charge in [-0.05, 0) is 75.6 Å². The van der Waals surface area contributed by atoms with Gasteiger partial charge in [-0.15, -0.1) is 0 Å². The number of hydrogen-bond donors (Lipinski definition) is 2. The minimum atomic E-state index is -0.641. The van der Waals surface area contributed by atoms with E-state index in [1.807, 2.05) is 51.1 Å². The van der Waals surface area contributed by atoms with Gasteiger partial charge in [0.2, 0.25) is 11.8 Å². The zero-order valence-corrected chi connectivity index (χ0v) is 21.4. The standard InChI is InChI=1S/C28H37N3O5/c1-28(2,3)36-27(34)31-18-22-8-5-4-7-21(22)15-24(31)26(33)29-16-19-10-12-20(13-11-19)25(32)30-17-23-9-6-14-35-23/h4-9,14,19-20,24H,10-13,15-18H2,1-3H3,(H,29,33)(H,30,32). The third-order valence-electron chi connectivity index (χ3n) is 6.98. The van der Waals surface area contributed by atoms with Gasteiger partial charge in [-0.3, -0.25) is 14.5 Å². The second-order valence-electron chi connectivity index (χ2n) is 10.9. The summed E-state index contributed by atoms with van der Waals surface area (Å²) in [4.78, 5) is 40.3. The molecule has 4 rings (SSSR count). The van der Waals surface area contributed by atoms with Crippen LogP contribution < -0.4 is 10.6 Å². The summed E-state index contributed by atoms with van der Waals surface area (Å²) in [5, 5.41) is 6.04. The summed E-state index contributed by atoms with van der Waals surface area (Å²) in [6.45, 7) is 6.77. The van der Waals surface area contributed by atoms with E-state index in [-0.39, 0.29) is 17.7 Å². The van der Waals surface area contributed by atoms with E-state index in [0.717, 1.165) is 42.6 Å². The van der Waals surface area contributed by atoms with Crippen molar-refractivity contribution in [1.82, 2.24) is 15.5 Å². The number of furan rings is 1. The maximum absolute atomic E-state index is 13.3. The van der Waals surface area contributed by atoms with Crippen LogP contribution in [-0.2, 0) is 33.8 Å². The highest BCUT2D eigenvalue weighted by molar-refractivity contribution is 5.86. The van der Waals surface area contributed by atoms with E-state index in [1.54, 1.807) is 17.2 Å². The number of carbonyl (C=O) groups excluding carboxylic acids is 3. The van der Waals surface area contributed by atoms with Crippen LogP contribution in [0.5, 0.6) is 0 Å². The first-order chi connectivity index (χ1) is 17.2. The lowest BCUT2D eigenvalue weighted by Crippen LogP contribution is -2.54. The molecule has 1 fully saturated rings. The van der Waals surface area contributed by atoms with Crippen LogP contribution in [-0.4, -0.2) is 41.0 Å². The maximum Gasteiger partial charge on any atom is 0.411 e. The fourth-order valence-corrected chi connectivity index (χ4v) is 4.99. The minimum Gasteiger partial charge on any atom is -0.467 e. The van der Waals surface area contributed by atoms with Gasteiger partial charge in [0.15, 0.2) is 0 Å². The van der Waals surface area contributed by atoms with Gasteiger partial charge in [-0.1, -0.05) is 24.3 Å². The third-order valence-corrected chi connectivity index (χ3v) is 6.98. The molecule has 0 saturated heterocycles. The van der Waals surface area contributed by atoms with Gasteiger partial charge in [0.05, 0.1) is 19.4 Å². The minimum absolute atomic E-state index is 0.00980. The first kappa shape index (κ1) is 25.8. The normalized spacial score (nSPS) is 21.9. The number of nitrogens with zero attached hydrogens (tertiary/aromatic N) is 1. The van der Waals surface area contributed by atoms with Gasteiger partial charge in [-0.2, -0.15) is 0 Å². The number of rotatable bonds is 6. The SMILES string of the molecule is CC(C)(C)OC(=O)N1Cc2ccccc2CC1C(=O)NCC1CCC(C(=O)NCc2ccco2)CC1. The van der Waals surface area contributed by atoms with Crippen LogP contribution in [0.25, 0.3) is 0 Å². The lowest BCUT2D eigenvalue weighted by atomic mass is 9.81. The summed E-state index contributed by atoms with van der Waals surface area (Å²) in [6.07, 6.45) is 4.93. The molecule has 2 aliphatic rings. The van der Waals surface area contributed by atoms with E-state index in [4.69, 9.17) is 9.15 Å². The average Bonchev–Trinajstić information content (AvgIpc) is 3.38. The van der Waals surface area contributed by atoms with E-state index in [2.05, 4.69) is 10.6 Å². The molecule has 1 unspecified atom stereocenters. The fourth-order valence-electron chi connectivity index (χ4n) is 4.99. The first-order valence-corrected chi connectivity index (χ1v) is 12.8. The number of fused-ring (bicyclic) bond motifs is 1. The van der Waals surface area contributed by atoms with Gasteiger partial charge in [-0.25, -0.2) is 4.79 Å². The highest BCUT2D eigenvalue weighted by Crippen LogP contribution is 2.29. The zero-order chi connectivity index (χ0) is 25.7. The van der Waals surface area contributed by atoms with Crippen molar-refractivity contribution in [3.63, 3.8) is 0 Å². The summed E-state index contributed by atoms with van der Waals surface area (Å²) < 4.78 is 10.9. The van der Waals surface area contributed by atoms with Crippen LogP contribution in [0.3, 0.4) is 0 Å². The Morgan fingerprint density at radius 3 is 2.36 bits per heavy atom. The molecule has 1 saturated carbocycles. The molecule has 2 aromatic rings. The number of carbonyl (C=O) groups is 3. The quantitative estimate of drug-likeness (QED) is 0.626. The van der Waals surface area contributed by atoms with Gasteiger partial charge in [0, 0.05) is 18.9 Å². The molecule has 1 aliphatic heterocycles. The number of ether oxygens (including phenoxy) is 1. The number of amides is 3. The van der Waals surface area contributed by atoms with Crippen molar-refractivity contribution in [3.8, 4) is 0 Å². The molecule has 0 radical (unpaired) electrons. The Morgan fingerprint density at radius 2 is 1.69 bits per heavy atom. The lowest BCUT2D eigenvalue weighted by molar-refractivity contribution is -0.128. The Kier molecular flexibility index (Phi) is 8.01. The van der Waals surface area contributed by atoms with Gasteiger partial charge in [0.1, 0.15) is 17.4 Å². The Hall–Kier alpha value is -3.29. The van der Waals surface area contributed by atoms with Crippen LogP contribution >= 0.6 is 0 Å². The van der Waals surface area contributed by atoms with Crippen molar-refractivity contribution in [2.75, 3.05) is 6.54 Å². The molecule has 3 amide bonds. The molecular weight excluding hydrogens is 458 g/mol. The maximum atomic E-state index is 13.3. The summed E-state index contributed by atoms with van der Waals surface area (Å²) in [5.41, 5.74) is 1.48. The van der Waals surface area contributed by atoms with Crippen molar-refractivity contribution >= 4 is 17.9 Å². The monoisotopic (exact) mass is 495 g/mol. The Bertz CT molecular complexity index is 1050. The second kappa shape index (κ2) is 11.2. The van der Waals surface area contributed by atoms with E-state index in [1.165, 1.54) is 0 Å². The predicted molar refractivity (Wildman–Crippen MR) is 135 cm³/mol. The molecule has 2 N–H and O–H groups in total. The number of benzene rings is 1. The molecular formula is C28H37N3O5. The molecule has 1 aromatic carbocycles. The van der Waals surface area contributed by atoms with Crippen molar-refractivity contribution in [2.45, 2.75) is 77.6 Å². The van der Waals surface area contributed by atoms with Crippen LogP contribution in [0.1, 0.15) is 63.3 Å². The van der Waals surface area contributed by atoms with Crippen molar-refractivity contribution in [2.24, 2.45) is 11.8 Å². The van der Waals surface area contributed by atoms with Crippen LogP contribution in [0.2, 0.25) is 0 Å². The summed E-state index contributed by atoms with van der Waals surface area (Å²) in [7, 11) is 0. The Balaban J connectivity index is 1.29. The molecule has 0 spiro atoms. The first-order valence-electron chi connectivity index (χ1n) is 12.8. The Morgan fingerprint density at radius 1 is 0.972 bits per heavy atom. The van der Waals surface area contributed by atoms with Crippen molar-refractivity contribution < 1.29 is 23.5 Å². The van der Waals surface area contributed by atoms with E-state index in [9.17, 15) is 14.4 Å². The second-order valence-corrected chi connectivity index (χ2v) is 10.9. The topological polar surface area (TPSA) is 101 Å². The molecule has 1 aromatic heterocycles. The largest absolute Gasteiger partial charge is 0.467 e. The number of nitrogens with one attached hydrogen (secondary N) is 2.